The predicted molar refractivity (Wildman–Crippen MR) is 103 cm³/mol. The molecule has 0 heterocycles. The van der Waals surface area contributed by atoms with Gasteiger partial charge in [0.2, 0.25) is 0 Å². The van der Waals surface area contributed by atoms with Crippen LogP contribution in [0.5, 0.6) is 0 Å². The molecule has 0 rings (SSSR count). The zero-order valence-corrected chi connectivity index (χ0v) is 16.1. The van der Waals surface area contributed by atoms with Gasteiger partial charge in [-0.2, -0.15) is 10.5 Å². The van der Waals surface area contributed by atoms with Crippen LogP contribution >= 0.6 is 0 Å². The highest BCUT2D eigenvalue weighted by atomic mass is 16.3. The molecule has 0 spiro atoms. The number of hydrogen-bond donors (Lipinski definition) is 1. The van der Waals surface area contributed by atoms with Gasteiger partial charge in [-0.3, -0.25) is 0 Å². The Morgan fingerprint density at radius 3 is 1.83 bits per heavy atom. The first-order valence-electron chi connectivity index (χ1n) is 9.01. The molecule has 0 amide bonds. The maximum Gasteiger partial charge on any atom is 0.145 e. The summed E-state index contributed by atoms with van der Waals surface area (Å²) in [5.74, 6) is 2.63. The number of terminal acetylenes is 1. The molecule has 0 aromatic carbocycles. The van der Waals surface area contributed by atoms with Gasteiger partial charge in [-0.1, -0.05) is 58.4 Å². The fourth-order valence-electron chi connectivity index (χ4n) is 1.48. The highest BCUT2D eigenvalue weighted by molar-refractivity contribution is 5.01. The zero-order valence-electron chi connectivity index (χ0n) is 16.1. The molecule has 0 aliphatic rings. The van der Waals surface area contributed by atoms with Crippen LogP contribution in [0.4, 0.5) is 0 Å². The second-order valence-corrected chi connectivity index (χ2v) is 6.07. The van der Waals surface area contributed by atoms with Gasteiger partial charge in [-0.15, -0.1) is 12.3 Å². The van der Waals surface area contributed by atoms with Crippen molar-refractivity contribution in [3.8, 4) is 24.5 Å². The number of unbranched alkanes of at least 4 members (excludes halogenated alkanes) is 8. The molecular formula is C21H36N2O. The Morgan fingerprint density at radius 1 is 0.958 bits per heavy atom. The van der Waals surface area contributed by atoms with Crippen molar-refractivity contribution >= 4 is 0 Å². The van der Waals surface area contributed by atoms with Crippen LogP contribution in [0.25, 0.3) is 0 Å². The molecule has 0 saturated heterocycles. The molecule has 3 heteroatoms. The van der Waals surface area contributed by atoms with Crippen molar-refractivity contribution in [3.05, 3.63) is 12.2 Å². The van der Waals surface area contributed by atoms with E-state index >= 15 is 0 Å². The monoisotopic (exact) mass is 332 g/mol. The Balaban J connectivity index is -0.000000285. The van der Waals surface area contributed by atoms with Crippen molar-refractivity contribution in [1.82, 2.24) is 0 Å². The molecule has 1 N–H and O–H groups in total. The third-order valence-corrected chi connectivity index (χ3v) is 2.87. The van der Waals surface area contributed by atoms with Gasteiger partial charge in [0, 0.05) is 12.5 Å². The third kappa shape index (κ3) is 42.7. The Morgan fingerprint density at radius 2 is 1.46 bits per heavy atom. The number of allylic oxidation sites excluding steroid dienone is 2. The molecule has 0 bridgehead atoms. The minimum absolute atomic E-state index is 0.958. The first kappa shape index (κ1) is 27.1. The molecular weight excluding hydrogens is 296 g/mol. The number of nitrogens with zero attached hydrogens (tertiary/aromatic N) is 2. The lowest BCUT2D eigenvalue weighted by Gasteiger charge is -2.00. The Bertz CT molecular complexity index is 386. The first-order chi connectivity index (χ1) is 11.4. The van der Waals surface area contributed by atoms with Gasteiger partial charge in [0.25, 0.3) is 0 Å². The summed E-state index contributed by atoms with van der Waals surface area (Å²) in [6.07, 6.45) is 20.9. The normalized spacial score (nSPS) is 9.58. The number of hydrogen-bond acceptors (Lipinski definition) is 3. The SMILES string of the molecule is C#CCCCCCC.CC(C)(O)C#N.CCCCCC/C=C/C#N. The molecule has 0 aromatic heterocycles. The van der Waals surface area contributed by atoms with Crippen LogP contribution in [-0.2, 0) is 0 Å². The summed E-state index contributed by atoms with van der Waals surface area (Å²) in [5, 5.41) is 24.5. The molecule has 0 atom stereocenters. The third-order valence-electron chi connectivity index (χ3n) is 2.87. The summed E-state index contributed by atoms with van der Waals surface area (Å²) in [4.78, 5) is 0. The maximum atomic E-state index is 8.47. The minimum Gasteiger partial charge on any atom is -0.376 e. The van der Waals surface area contributed by atoms with Gasteiger partial charge in [0.15, 0.2) is 0 Å². The highest BCUT2D eigenvalue weighted by Crippen LogP contribution is 2.02. The van der Waals surface area contributed by atoms with Gasteiger partial charge in [0.05, 0.1) is 12.1 Å². The van der Waals surface area contributed by atoms with Gasteiger partial charge >= 0.3 is 0 Å². The molecule has 136 valence electrons. The second kappa shape index (κ2) is 23.5. The van der Waals surface area contributed by atoms with E-state index in [4.69, 9.17) is 22.1 Å². The lowest BCUT2D eigenvalue weighted by Crippen LogP contribution is -2.13. The fraction of sp³-hybridized carbons (Fsp3) is 0.714. The molecule has 0 aliphatic heterocycles. The highest BCUT2D eigenvalue weighted by Gasteiger charge is 2.07. The number of rotatable bonds is 9. The van der Waals surface area contributed by atoms with E-state index in [1.807, 2.05) is 12.1 Å². The van der Waals surface area contributed by atoms with Crippen molar-refractivity contribution in [3.63, 3.8) is 0 Å². The van der Waals surface area contributed by atoms with Gasteiger partial charge in [-0.25, -0.2) is 0 Å². The van der Waals surface area contributed by atoms with E-state index in [0.717, 1.165) is 12.8 Å². The lowest BCUT2D eigenvalue weighted by atomic mass is 10.1. The van der Waals surface area contributed by atoms with E-state index in [-0.39, 0.29) is 0 Å². The molecule has 0 aliphatic carbocycles. The van der Waals surface area contributed by atoms with Gasteiger partial charge in [-0.05, 0) is 33.1 Å². The zero-order chi connectivity index (χ0) is 19.1. The largest absolute Gasteiger partial charge is 0.376 e. The van der Waals surface area contributed by atoms with E-state index in [0.29, 0.717) is 0 Å². The number of aliphatic hydroxyl groups is 1. The summed E-state index contributed by atoms with van der Waals surface area (Å²) in [6, 6.07) is 3.64. The lowest BCUT2D eigenvalue weighted by molar-refractivity contribution is 0.141. The Labute approximate surface area is 150 Å². The van der Waals surface area contributed by atoms with E-state index in [1.165, 1.54) is 65.2 Å². The van der Waals surface area contributed by atoms with Crippen molar-refractivity contribution < 1.29 is 5.11 Å². The molecule has 0 unspecified atom stereocenters. The molecule has 3 nitrogen and oxygen atoms in total. The topological polar surface area (TPSA) is 67.8 Å². The van der Waals surface area contributed by atoms with Crippen molar-refractivity contribution in [2.45, 2.75) is 97.5 Å². The van der Waals surface area contributed by atoms with Crippen molar-refractivity contribution in [2.24, 2.45) is 0 Å². The molecule has 24 heavy (non-hydrogen) atoms. The van der Waals surface area contributed by atoms with Crippen LogP contribution in [0.15, 0.2) is 12.2 Å². The van der Waals surface area contributed by atoms with Crippen LogP contribution in [0.1, 0.15) is 91.9 Å². The molecule has 0 saturated carbocycles. The molecule has 0 radical (unpaired) electrons. The average Bonchev–Trinajstić information content (AvgIpc) is 2.55. The molecule has 0 aromatic rings. The van der Waals surface area contributed by atoms with Crippen molar-refractivity contribution in [1.29, 1.82) is 10.5 Å². The fourth-order valence-corrected chi connectivity index (χ4v) is 1.48. The van der Waals surface area contributed by atoms with Crippen LogP contribution in [-0.4, -0.2) is 10.7 Å². The predicted octanol–water partition coefficient (Wildman–Crippen LogP) is 5.91. The standard InChI is InChI=1S/C9H15N.C8H14.C4H7NO/c1-2-3-4-5-6-7-8-9-10;1-3-5-7-8-6-4-2;1-4(2,6)3-5/h7-8H,2-6H2,1H3;1H,4-8H2,2H3;6H,1-2H3/b8-7+;;. The Kier molecular flexibility index (Phi) is 26.5. The average molecular weight is 333 g/mol. The van der Waals surface area contributed by atoms with Crippen LogP contribution in [0.3, 0.4) is 0 Å². The quantitative estimate of drug-likeness (QED) is 0.247. The second-order valence-electron chi connectivity index (χ2n) is 6.07. The summed E-state index contributed by atoms with van der Waals surface area (Å²) in [5.41, 5.74) is -1.15. The minimum atomic E-state index is -1.15. The summed E-state index contributed by atoms with van der Waals surface area (Å²) in [7, 11) is 0. The summed E-state index contributed by atoms with van der Waals surface area (Å²) < 4.78 is 0. The van der Waals surface area contributed by atoms with Gasteiger partial charge in [0.1, 0.15) is 5.60 Å². The van der Waals surface area contributed by atoms with E-state index in [1.54, 1.807) is 12.1 Å². The van der Waals surface area contributed by atoms with E-state index < -0.39 is 5.60 Å². The van der Waals surface area contributed by atoms with E-state index in [9.17, 15) is 0 Å². The molecule has 0 fully saturated rings. The van der Waals surface area contributed by atoms with Crippen LogP contribution in [0.2, 0.25) is 0 Å². The van der Waals surface area contributed by atoms with Crippen LogP contribution < -0.4 is 0 Å². The van der Waals surface area contributed by atoms with Crippen molar-refractivity contribution in [2.75, 3.05) is 0 Å². The maximum absolute atomic E-state index is 8.47. The smallest absolute Gasteiger partial charge is 0.145 e. The Hall–Kier alpha value is -1.76. The summed E-state index contributed by atoms with van der Waals surface area (Å²) >= 11 is 0. The van der Waals surface area contributed by atoms with Crippen LogP contribution in [0, 0.1) is 35.0 Å². The number of nitriles is 2. The first-order valence-corrected chi connectivity index (χ1v) is 9.01. The summed E-state index contributed by atoms with van der Waals surface area (Å²) in [6.45, 7) is 7.28. The van der Waals surface area contributed by atoms with Gasteiger partial charge < -0.3 is 5.11 Å². The van der Waals surface area contributed by atoms with E-state index in [2.05, 4.69) is 19.8 Å².